The molecule has 0 N–H and O–H groups in total. The first kappa shape index (κ1) is 26.1. The fraction of sp³-hybridized carbons (Fsp3) is 0.241. The van der Waals surface area contributed by atoms with Crippen molar-refractivity contribution in [2.75, 3.05) is 38.2 Å². The second-order valence-electron chi connectivity index (χ2n) is 9.35. The molecular weight excluding hydrogens is 544 g/mol. The van der Waals surface area contributed by atoms with E-state index >= 15 is 0 Å². The number of ether oxygens (including phenoxy) is 1. The van der Waals surface area contributed by atoms with Gasteiger partial charge in [0.15, 0.2) is 10.9 Å². The molecule has 1 saturated heterocycles. The number of aromatic nitrogens is 4. The molecular formula is C29H28N6O3S2. The van der Waals surface area contributed by atoms with Crippen LogP contribution in [0.1, 0.15) is 21.1 Å². The highest BCUT2D eigenvalue weighted by atomic mass is 32.2. The highest BCUT2D eigenvalue weighted by Crippen LogP contribution is 2.31. The van der Waals surface area contributed by atoms with E-state index in [1.165, 1.54) is 28.7 Å². The summed E-state index contributed by atoms with van der Waals surface area (Å²) in [5, 5.41) is 12.3. The Kier molecular flexibility index (Phi) is 7.56. The predicted molar refractivity (Wildman–Crippen MR) is 157 cm³/mol. The van der Waals surface area contributed by atoms with Crippen LogP contribution in [0.5, 0.6) is 5.75 Å². The van der Waals surface area contributed by atoms with E-state index in [4.69, 9.17) is 9.15 Å². The minimum atomic E-state index is -0.0233. The zero-order chi connectivity index (χ0) is 27.5. The van der Waals surface area contributed by atoms with E-state index in [0.717, 1.165) is 40.4 Å². The molecule has 0 spiro atoms. The molecule has 4 heterocycles. The minimum Gasteiger partial charge on any atom is -0.497 e. The number of carbonyl (C=O) groups excluding carboxylic acids is 1. The Morgan fingerprint density at radius 2 is 1.75 bits per heavy atom. The maximum absolute atomic E-state index is 13.2. The molecule has 0 aliphatic carbocycles. The van der Waals surface area contributed by atoms with Gasteiger partial charge in [0.1, 0.15) is 16.5 Å². The van der Waals surface area contributed by atoms with Gasteiger partial charge >= 0.3 is 0 Å². The molecule has 1 aliphatic heterocycles. The number of hydrogen-bond acceptors (Lipinski definition) is 9. The number of thiazole rings is 1. The standard InChI is InChI=1S/C29H28N6O3S2/c1-20-5-7-22(8-6-20)35-27(25-4-3-17-38-25)31-32-29(35)40-19-26-30-24(18-39-26)28(36)34-15-13-33(14-16-34)21-9-11-23(37-2)12-10-21/h3-12,17-18H,13-16,19H2,1-2H3. The molecule has 11 heteroatoms. The van der Waals surface area contributed by atoms with Gasteiger partial charge in [0, 0.05) is 42.9 Å². The summed E-state index contributed by atoms with van der Waals surface area (Å²) in [7, 11) is 1.66. The van der Waals surface area contributed by atoms with E-state index in [-0.39, 0.29) is 5.91 Å². The third-order valence-corrected chi connectivity index (χ3v) is 8.74. The van der Waals surface area contributed by atoms with E-state index in [1.807, 2.05) is 51.2 Å². The lowest BCUT2D eigenvalue weighted by molar-refractivity contribution is 0.0741. The summed E-state index contributed by atoms with van der Waals surface area (Å²) in [4.78, 5) is 22.0. The second kappa shape index (κ2) is 11.6. The zero-order valence-electron chi connectivity index (χ0n) is 22.2. The summed E-state index contributed by atoms with van der Waals surface area (Å²) in [6, 6.07) is 20.0. The molecule has 204 valence electrons. The summed E-state index contributed by atoms with van der Waals surface area (Å²) < 4.78 is 12.9. The van der Waals surface area contributed by atoms with Crippen LogP contribution >= 0.6 is 23.1 Å². The van der Waals surface area contributed by atoms with Gasteiger partial charge in [-0.3, -0.25) is 9.36 Å². The van der Waals surface area contributed by atoms with Gasteiger partial charge in [-0.25, -0.2) is 4.98 Å². The van der Waals surface area contributed by atoms with Crippen molar-refractivity contribution in [1.82, 2.24) is 24.6 Å². The number of nitrogens with zero attached hydrogens (tertiary/aromatic N) is 6. The third-order valence-electron chi connectivity index (χ3n) is 6.77. The monoisotopic (exact) mass is 572 g/mol. The molecule has 2 aromatic carbocycles. The lowest BCUT2D eigenvalue weighted by Gasteiger charge is -2.35. The fourth-order valence-corrected chi connectivity index (χ4v) is 6.32. The minimum absolute atomic E-state index is 0.0233. The Morgan fingerprint density at radius 3 is 2.45 bits per heavy atom. The number of furan rings is 1. The highest BCUT2D eigenvalue weighted by Gasteiger charge is 2.25. The van der Waals surface area contributed by atoms with Crippen molar-refractivity contribution < 1.29 is 13.9 Å². The summed E-state index contributed by atoms with van der Waals surface area (Å²) in [5.41, 5.74) is 3.75. The molecule has 0 saturated carbocycles. The van der Waals surface area contributed by atoms with E-state index < -0.39 is 0 Å². The number of benzene rings is 2. The molecule has 0 bridgehead atoms. The number of hydrogen-bond donors (Lipinski definition) is 0. The first-order chi connectivity index (χ1) is 19.6. The van der Waals surface area contributed by atoms with Crippen LogP contribution in [0.2, 0.25) is 0 Å². The van der Waals surface area contributed by atoms with Gasteiger partial charge in [0.05, 0.1) is 19.1 Å². The van der Waals surface area contributed by atoms with Gasteiger partial charge in [-0.05, 0) is 55.5 Å². The molecule has 0 atom stereocenters. The van der Waals surface area contributed by atoms with Crippen molar-refractivity contribution in [2.45, 2.75) is 17.8 Å². The van der Waals surface area contributed by atoms with E-state index in [1.54, 1.807) is 13.4 Å². The Morgan fingerprint density at radius 1 is 1.00 bits per heavy atom. The number of carbonyl (C=O) groups is 1. The van der Waals surface area contributed by atoms with Crippen molar-refractivity contribution in [2.24, 2.45) is 0 Å². The molecule has 40 heavy (non-hydrogen) atoms. The number of methoxy groups -OCH3 is 1. The van der Waals surface area contributed by atoms with Crippen molar-refractivity contribution >= 4 is 34.7 Å². The normalized spacial score (nSPS) is 13.6. The van der Waals surface area contributed by atoms with Crippen LogP contribution in [-0.2, 0) is 5.75 Å². The fourth-order valence-electron chi connectivity index (χ4n) is 4.58. The van der Waals surface area contributed by atoms with Crippen molar-refractivity contribution in [3.63, 3.8) is 0 Å². The Bertz CT molecular complexity index is 1570. The number of rotatable bonds is 8. The first-order valence-corrected chi connectivity index (χ1v) is 14.8. The van der Waals surface area contributed by atoms with E-state index in [2.05, 4.69) is 51.3 Å². The van der Waals surface area contributed by atoms with E-state index in [0.29, 0.717) is 36.1 Å². The van der Waals surface area contributed by atoms with Gasteiger partial charge in [-0.1, -0.05) is 29.5 Å². The molecule has 1 aliphatic rings. The smallest absolute Gasteiger partial charge is 0.273 e. The number of piperazine rings is 1. The van der Waals surface area contributed by atoms with Gasteiger partial charge < -0.3 is 19.0 Å². The first-order valence-electron chi connectivity index (χ1n) is 12.9. The van der Waals surface area contributed by atoms with Gasteiger partial charge in [-0.2, -0.15) is 0 Å². The Balaban J connectivity index is 1.11. The second-order valence-corrected chi connectivity index (χ2v) is 11.2. The molecule has 3 aromatic heterocycles. The van der Waals surface area contributed by atoms with Gasteiger partial charge in [0.25, 0.3) is 5.91 Å². The maximum atomic E-state index is 13.2. The van der Waals surface area contributed by atoms with Crippen LogP contribution in [0, 0.1) is 6.92 Å². The van der Waals surface area contributed by atoms with Crippen LogP contribution in [-0.4, -0.2) is 63.8 Å². The van der Waals surface area contributed by atoms with Crippen LogP contribution in [0.15, 0.2) is 81.9 Å². The third kappa shape index (κ3) is 5.47. The van der Waals surface area contributed by atoms with Gasteiger partial charge in [0.2, 0.25) is 5.82 Å². The van der Waals surface area contributed by atoms with Crippen LogP contribution in [0.25, 0.3) is 17.3 Å². The lowest BCUT2D eigenvalue weighted by Crippen LogP contribution is -2.48. The highest BCUT2D eigenvalue weighted by molar-refractivity contribution is 7.98. The quantitative estimate of drug-likeness (QED) is 0.224. The average Bonchev–Trinajstić information content (AvgIpc) is 3.78. The number of aryl methyl sites for hydroxylation is 1. The number of thioether (sulfide) groups is 1. The molecule has 6 rings (SSSR count). The summed E-state index contributed by atoms with van der Waals surface area (Å²) in [6.45, 7) is 4.92. The van der Waals surface area contributed by atoms with Crippen LogP contribution in [0.4, 0.5) is 5.69 Å². The number of amides is 1. The van der Waals surface area contributed by atoms with Crippen molar-refractivity contribution in [3.05, 3.63) is 88.6 Å². The average molecular weight is 573 g/mol. The zero-order valence-corrected chi connectivity index (χ0v) is 23.8. The van der Waals surface area contributed by atoms with Crippen molar-refractivity contribution in [3.8, 4) is 23.0 Å². The Labute approximate surface area is 240 Å². The molecule has 1 amide bonds. The Hall–Kier alpha value is -4.09. The topological polar surface area (TPSA) is 89.5 Å². The summed E-state index contributed by atoms with van der Waals surface area (Å²) in [5.74, 6) is 2.67. The largest absolute Gasteiger partial charge is 0.497 e. The maximum Gasteiger partial charge on any atom is 0.273 e. The van der Waals surface area contributed by atoms with E-state index in [9.17, 15) is 4.79 Å². The summed E-state index contributed by atoms with van der Waals surface area (Å²) in [6.07, 6.45) is 1.63. The van der Waals surface area contributed by atoms with Crippen molar-refractivity contribution in [1.29, 1.82) is 0 Å². The predicted octanol–water partition coefficient (Wildman–Crippen LogP) is 5.56. The molecule has 0 radical (unpaired) electrons. The lowest BCUT2D eigenvalue weighted by atomic mass is 10.2. The summed E-state index contributed by atoms with van der Waals surface area (Å²) >= 11 is 3.03. The molecule has 5 aromatic rings. The van der Waals surface area contributed by atoms with Crippen LogP contribution < -0.4 is 9.64 Å². The molecule has 9 nitrogen and oxygen atoms in total. The van der Waals surface area contributed by atoms with Crippen LogP contribution in [0.3, 0.4) is 0 Å². The van der Waals surface area contributed by atoms with Gasteiger partial charge in [-0.15, -0.1) is 21.5 Å². The number of anilines is 1. The molecule has 0 unspecified atom stereocenters. The SMILES string of the molecule is COc1ccc(N2CCN(C(=O)c3csc(CSc4nnc(-c5ccco5)n4-c4ccc(C)cc4)n3)CC2)cc1. The molecule has 1 fully saturated rings.